The smallest absolute Gasteiger partial charge is 0.290 e. The summed E-state index contributed by atoms with van der Waals surface area (Å²) in [5, 5.41) is 11.5. The van der Waals surface area contributed by atoms with Gasteiger partial charge < -0.3 is 19.2 Å². The highest BCUT2D eigenvalue weighted by Crippen LogP contribution is 2.43. The number of carbonyl (C=O) groups is 2. The maximum atomic E-state index is 13.6. The molecule has 3 aromatic rings. The highest BCUT2D eigenvalue weighted by molar-refractivity contribution is 9.10. The standard InChI is InChI=1S/C25H24BrNO5/c1-4-11-27-22(17-7-5-6-8-19(17)31-14(2)3)21(24(29)25(27)30)23(28)20-13-15-12-16(26)9-10-18(15)32-20/h5-10,12-14,22,29H,4,11H2,1-3H3. The molecule has 0 bridgehead atoms. The van der Waals surface area contributed by atoms with E-state index in [4.69, 9.17) is 9.15 Å². The van der Waals surface area contributed by atoms with Gasteiger partial charge >= 0.3 is 0 Å². The number of halogens is 1. The van der Waals surface area contributed by atoms with Crippen molar-refractivity contribution in [2.24, 2.45) is 0 Å². The van der Waals surface area contributed by atoms with Crippen molar-refractivity contribution < 1.29 is 23.8 Å². The van der Waals surface area contributed by atoms with Crippen LogP contribution >= 0.6 is 15.9 Å². The lowest BCUT2D eigenvalue weighted by Crippen LogP contribution is -2.32. The number of fused-ring (bicyclic) bond motifs is 1. The van der Waals surface area contributed by atoms with Crippen molar-refractivity contribution in [2.75, 3.05) is 6.54 Å². The SMILES string of the molecule is CCCN1C(=O)C(O)=C(C(=O)c2cc3cc(Br)ccc3o2)C1c1ccccc1OC(C)C. The van der Waals surface area contributed by atoms with Crippen LogP contribution in [0.3, 0.4) is 0 Å². The largest absolute Gasteiger partial charge is 0.503 e. The predicted octanol–water partition coefficient (Wildman–Crippen LogP) is 5.97. The van der Waals surface area contributed by atoms with Crippen LogP contribution in [0.15, 0.2) is 68.8 Å². The van der Waals surface area contributed by atoms with E-state index in [1.54, 1.807) is 18.2 Å². The number of aliphatic hydroxyl groups excluding tert-OH is 1. The number of para-hydroxylation sites is 1. The summed E-state index contributed by atoms with van der Waals surface area (Å²) in [5.41, 5.74) is 1.20. The maximum absolute atomic E-state index is 13.6. The third kappa shape index (κ3) is 3.93. The van der Waals surface area contributed by atoms with Crippen molar-refractivity contribution in [1.29, 1.82) is 0 Å². The summed E-state index contributed by atoms with van der Waals surface area (Å²) >= 11 is 3.41. The molecular formula is C25H24BrNO5. The van der Waals surface area contributed by atoms with Crippen LogP contribution in [-0.4, -0.2) is 34.3 Å². The molecule has 1 amide bonds. The van der Waals surface area contributed by atoms with E-state index in [0.29, 0.717) is 29.9 Å². The van der Waals surface area contributed by atoms with Gasteiger partial charge in [0.05, 0.1) is 17.7 Å². The number of furan rings is 1. The van der Waals surface area contributed by atoms with Crippen molar-refractivity contribution in [1.82, 2.24) is 4.90 Å². The normalized spacial score (nSPS) is 16.5. The molecule has 1 unspecified atom stereocenters. The number of rotatable bonds is 7. The first-order chi connectivity index (χ1) is 15.3. The molecular weight excluding hydrogens is 474 g/mol. The summed E-state index contributed by atoms with van der Waals surface area (Å²) in [6.45, 7) is 6.14. The Kier molecular flexibility index (Phi) is 6.11. The summed E-state index contributed by atoms with van der Waals surface area (Å²) in [5.74, 6) is -1.01. The van der Waals surface area contributed by atoms with Crippen LogP contribution in [-0.2, 0) is 4.79 Å². The monoisotopic (exact) mass is 497 g/mol. The van der Waals surface area contributed by atoms with Gasteiger partial charge in [-0.3, -0.25) is 9.59 Å². The van der Waals surface area contributed by atoms with Crippen molar-refractivity contribution >= 4 is 38.6 Å². The Morgan fingerprint density at radius 3 is 2.69 bits per heavy atom. The molecule has 32 heavy (non-hydrogen) atoms. The summed E-state index contributed by atoms with van der Waals surface area (Å²) < 4.78 is 12.6. The molecule has 4 rings (SSSR count). The average molecular weight is 498 g/mol. The van der Waals surface area contributed by atoms with E-state index in [9.17, 15) is 14.7 Å². The minimum atomic E-state index is -0.773. The number of ether oxygens (including phenoxy) is 1. The predicted molar refractivity (Wildman–Crippen MR) is 125 cm³/mol. The van der Waals surface area contributed by atoms with Gasteiger partial charge in [-0.15, -0.1) is 0 Å². The lowest BCUT2D eigenvalue weighted by molar-refractivity contribution is -0.129. The number of amides is 1. The van der Waals surface area contributed by atoms with E-state index in [2.05, 4.69) is 15.9 Å². The lowest BCUT2D eigenvalue weighted by atomic mass is 9.94. The quantitative estimate of drug-likeness (QED) is 0.406. The number of ketones is 1. The van der Waals surface area contributed by atoms with Gasteiger partial charge in [0.1, 0.15) is 11.3 Å². The number of carbonyl (C=O) groups excluding carboxylic acids is 2. The molecule has 1 aliphatic heterocycles. The average Bonchev–Trinajstić information content (AvgIpc) is 3.28. The molecule has 0 saturated carbocycles. The second-order valence-electron chi connectivity index (χ2n) is 7.99. The van der Waals surface area contributed by atoms with Crippen LogP contribution in [0, 0.1) is 0 Å². The highest BCUT2D eigenvalue weighted by atomic mass is 79.9. The van der Waals surface area contributed by atoms with Crippen molar-refractivity contribution in [2.45, 2.75) is 39.3 Å². The molecule has 0 spiro atoms. The van der Waals surface area contributed by atoms with E-state index in [1.807, 2.05) is 51.1 Å². The fourth-order valence-corrected chi connectivity index (χ4v) is 4.39. The summed E-state index contributed by atoms with van der Waals surface area (Å²) in [7, 11) is 0. The Hall–Kier alpha value is -3.06. The Labute approximate surface area is 194 Å². The van der Waals surface area contributed by atoms with Gasteiger partial charge in [0.15, 0.2) is 11.5 Å². The highest BCUT2D eigenvalue weighted by Gasteiger charge is 2.45. The first-order valence-electron chi connectivity index (χ1n) is 10.5. The summed E-state index contributed by atoms with van der Waals surface area (Å²) in [4.78, 5) is 28.1. The van der Waals surface area contributed by atoms with Crippen molar-refractivity contribution in [3.05, 3.63) is 75.7 Å². The van der Waals surface area contributed by atoms with Crippen molar-refractivity contribution in [3.63, 3.8) is 0 Å². The first kappa shape index (κ1) is 22.1. The van der Waals surface area contributed by atoms with Gasteiger partial charge in [-0.25, -0.2) is 0 Å². The Balaban J connectivity index is 1.84. The second-order valence-corrected chi connectivity index (χ2v) is 8.91. The molecule has 1 N–H and O–H groups in total. The number of Topliss-reactive ketones (excluding diaryl/α,β-unsaturated/α-hetero) is 1. The minimum Gasteiger partial charge on any atom is -0.503 e. The third-order valence-corrected chi connectivity index (χ3v) is 5.78. The number of hydrogen-bond donors (Lipinski definition) is 1. The van der Waals surface area contributed by atoms with E-state index in [1.165, 1.54) is 4.90 Å². The van der Waals surface area contributed by atoms with E-state index in [0.717, 1.165) is 9.86 Å². The molecule has 2 heterocycles. The van der Waals surface area contributed by atoms with Gasteiger partial charge in [0, 0.05) is 22.0 Å². The van der Waals surface area contributed by atoms with Crippen LogP contribution in [0.4, 0.5) is 0 Å². The molecule has 6 nitrogen and oxygen atoms in total. The Morgan fingerprint density at radius 1 is 1.22 bits per heavy atom. The number of aliphatic hydroxyl groups is 1. The summed E-state index contributed by atoms with van der Waals surface area (Å²) in [6.07, 6.45) is 0.571. The van der Waals surface area contributed by atoms with Crippen LogP contribution in [0.2, 0.25) is 0 Å². The van der Waals surface area contributed by atoms with E-state index < -0.39 is 23.5 Å². The van der Waals surface area contributed by atoms with Gasteiger partial charge in [-0.05, 0) is 50.6 Å². The zero-order valence-corrected chi connectivity index (χ0v) is 19.7. The topological polar surface area (TPSA) is 80.0 Å². The van der Waals surface area contributed by atoms with Gasteiger partial charge in [0.2, 0.25) is 5.78 Å². The van der Waals surface area contributed by atoms with Gasteiger partial charge in [-0.2, -0.15) is 0 Å². The fourth-order valence-electron chi connectivity index (χ4n) is 4.01. The van der Waals surface area contributed by atoms with Crippen LogP contribution in [0.5, 0.6) is 5.75 Å². The molecule has 0 radical (unpaired) electrons. The third-order valence-electron chi connectivity index (χ3n) is 5.29. The summed E-state index contributed by atoms with van der Waals surface area (Å²) in [6, 6.07) is 13.6. The van der Waals surface area contributed by atoms with E-state index >= 15 is 0 Å². The van der Waals surface area contributed by atoms with Crippen molar-refractivity contribution in [3.8, 4) is 5.75 Å². The first-order valence-corrected chi connectivity index (χ1v) is 11.3. The second kappa shape index (κ2) is 8.82. The molecule has 7 heteroatoms. The van der Waals surface area contributed by atoms with Crippen LogP contribution in [0.1, 0.15) is 49.4 Å². The maximum Gasteiger partial charge on any atom is 0.290 e. The molecule has 0 aliphatic carbocycles. The molecule has 0 fully saturated rings. The zero-order chi connectivity index (χ0) is 23.0. The Morgan fingerprint density at radius 2 is 1.97 bits per heavy atom. The molecule has 0 saturated heterocycles. The molecule has 2 aromatic carbocycles. The van der Waals surface area contributed by atoms with E-state index in [-0.39, 0.29) is 17.4 Å². The molecule has 1 atom stereocenters. The number of hydrogen-bond acceptors (Lipinski definition) is 5. The fraction of sp³-hybridized carbons (Fsp3) is 0.280. The Bertz CT molecular complexity index is 1230. The van der Waals surface area contributed by atoms with Crippen LogP contribution < -0.4 is 4.74 Å². The van der Waals surface area contributed by atoms with Gasteiger partial charge in [-0.1, -0.05) is 41.1 Å². The number of benzene rings is 2. The molecule has 166 valence electrons. The molecule has 1 aliphatic rings. The lowest BCUT2D eigenvalue weighted by Gasteiger charge is -2.28. The zero-order valence-electron chi connectivity index (χ0n) is 18.1. The van der Waals surface area contributed by atoms with Gasteiger partial charge in [0.25, 0.3) is 5.91 Å². The number of nitrogens with zero attached hydrogens (tertiary/aromatic N) is 1. The minimum absolute atomic E-state index is 0.00128. The molecule has 1 aromatic heterocycles. The van der Waals surface area contributed by atoms with Crippen LogP contribution in [0.25, 0.3) is 11.0 Å².